The number of thiophene rings is 1. The van der Waals surface area contributed by atoms with Gasteiger partial charge in [0.15, 0.2) is 0 Å². The summed E-state index contributed by atoms with van der Waals surface area (Å²) in [6.07, 6.45) is -4.25. The highest BCUT2D eigenvalue weighted by molar-refractivity contribution is 7.10. The Labute approximate surface area is 117 Å². The summed E-state index contributed by atoms with van der Waals surface area (Å²) in [7, 11) is 0. The Morgan fingerprint density at radius 3 is 2.75 bits per heavy atom. The topological polar surface area (TPSA) is 49.3 Å². The van der Waals surface area contributed by atoms with Crippen LogP contribution in [-0.2, 0) is 0 Å². The van der Waals surface area contributed by atoms with Gasteiger partial charge in [-0.3, -0.25) is 4.79 Å². The first kappa shape index (κ1) is 14.9. The molecule has 2 rings (SSSR count). The highest BCUT2D eigenvalue weighted by Crippen LogP contribution is 2.49. The standard InChI is InChI=1S/C13H12F3NO2S/c14-13(15,16)12(4-5-12)17-11(19)9-7-10(20-8-9)3-1-2-6-18/h7-8,18H,2,4-6H2,(H,17,19). The van der Waals surface area contributed by atoms with Crippen LogP contribution in [0, 0.1) is 11.8 Å². The predicted octanol–water partition coefficient (Wildman–Crippen LogP) is 2.31. The van der Waals surface area contributed by atoms with Crippen LogP contribution < -0.4 is 5.32 Å². The van der Waals surface area contributed by atoms with E-state index in [-0.39, 0.29) is 25.0 Å². The number of rotatable bonds is 3. The molecule has 0 radical (unpaired) electrons. The summed E-state index contributed by atoms with van der Waals surface area (Å²) in [5.41, 5.74) is -1.87. The van der Waals surface area contributed by atoms with E-state index < -0.39 is 17.6 Å². The molecule has 1 heterocycles. The number of hydrogen-bond acceptors (Lipinski definition) is 3. The fraction of sp³-hybridized carbons (Fsp3) is 0.462. The smallest absolute Gasteiger partial charge is 0.395 e. The average molecular weight is 303 g/mol. The van der Waals surface area contributed by atoms with Crippen molar-refractivity contribution in [2.75, 3.05) is 6.61 Å². The molecule has 0 saturated heterocycles. The minimum absolute atomic E-state index is 0.0557. The molecule has 20 heavy (non-hydrogen) atoms. The van der Waals surface area contributed by atoms with Crippen molar-refractivity contribution >= 4 is 17.2 Å². The molecule has 1 fully saturated rings. The number of nitrogens with one attached hydrogen (secondary N) is 1. The van der Waals surface area contributed by atoms with Crippen molar-refractivity contribution < 1.29 is 23.1 Å². The fourth-order valence-corrected chi connectivity index (χ4v) is 2.38. The number of carbonyl (C=O) groups excluding carboxylic acids is 1. The zero-order valence-electron chi connectivity index (χ0n) is 10.4. The Morgan fingerprint density at radius 1 is 1.50 bits per heavy atom. The molecular weight excluding hydrogens is 291 g/mol. The summed E-state index contributed by atoms with van der Waals surface area (Å²) >= 11 is 1.18. The van der Waals surface area contributed by atoms with Gasteiger partial charge in [-0.25, -0.2) is 0 Å². The molecule has 1 aromatic heterocycles. The van der Waals surface area contributed by atoms with Crippen LogP contribution in [0.2, 0.25) is 0 Å². The molecule has 0 unspecified atom stereocenters. The van der Waals surface area contributed by atoms with Crippen LogP contribution in [-0.4, -0.2) is 29.3 Å². The lowest BCUT2D eigenvalue weighted by Crippen LogP contribution is -2.47. The van der Waals surface area contributed by atoms with E-state index in [1.54, 1.807) is 0 Å². The van der Waals surface area contributed by atoms with E-state index >= 15 is 0 Å². The lowest BCUT2D eigenvalue weighted by atomic mass is 10.2. The van der Waals surface area contributed by atoms with E-state index in [9.17, 15) is 18.0 Å². The summed E-state index contributed by atoms with van der Waals surface area (Å²) in [5, 5.41) is 12.1. The SMILES string of the molecule is O=C(NC1(C(F)(F)F)CC1)c1csc(C#CCCO)c1. The molecule has 0 atom stereocenters. The van der Waals surface area contributed by atoms with Crippen LogP contribution in [0.25, 0.3) is 0 Å². The van der Waals surface area contributed by atoms with Gasteiger partial charge in [0.05, 0.1) is 17.0 Å². The zero-order valence-corrected chi connectivity index (χ0v) is 11.2. The van der Waals surface area contributed by atoms with E-state index in [1.165, 1.54) is 22.8 Å². The molecule has 2 N–H and O–H groups in total. The third-order valence-corrected chi connectivity index (χ3v) is 3.80. The second-order valence-electron chi connectivity index (χ2n) is 4.51. The molecule has 1 amide bonds. The lowest BCUT2D eigenvalue weighted by Gasteiger charge is -2.20. The van der Waals surface area contributed by atoms with Crippen LogP contribution in [0.4, 0.5) is 13.2 Å². The highest BCUT2D eigenvalue weighted by Gasteiger charge is 2.64. The minimum atomic E-state index is -4.41. The fourth-order valence-electron chi connectivity index (χ4n) is 1.62. The molecule has 0 aromatic carbocycles. The van der Waals surface area contributed by atoms with E-state index in [0.717, 1.165) is 0 Å². The van der Waals surface area contributed by atoms with Crippen LogP contribution >= 0.6 is 11.3 Å². The molecule has 1 aromatic rings. The van der Waals surface area contributed by atoms with Gasteiger partial charge in [0, 0.05) is 11.8 Å². The largest absolute Gasteiger partial charge is 0.411 e. The Hall–Kier alpha value is -1.52. The lowest BCUT2D eigenvalue weighted by molar-refractivity contribution is -0.163. The van der Waals surface area contributed by atoms with Gasteiger partial charge in [-0.15, -0.1) is 11.3 Å². The molecular formula is C13H12F3NO2S. The molecule has 1 saturated carbocycles. The molecule has 3 nitrogen and oxygen atoms in total. The Morgan fingerprint density at radius 2 is 2.20 bits per heavy atom. The van der Waals surface area contributed by atoms with Crippen molar-refractivity contribution in [3.05, 3.63) is 21.9 Å². The maximum Gasteiger partial charge on any atom is 0.411 e. The van der Waals surface area contributed by atoms with Crippen LogP contribution in [0.15, 0.2) is 11.4 Å². The van der Waals surface area contributed by atoms with Crippen molar-refractivity contribution in [2.45, 2.75) is 31.0 Å². The first-order valence-electron chi connectivity index (χ1n) is 5.95. The van der Waals surface area contributed by atoms with Crippen LogP contribution in [0.5, 0.6) is 0 Å². The molecule has 7 heteroatoms. The second-order valence-corrected chi connectivity index (χ2v) is 5.42. The number of aliphatic hydroxyl groups is 1. The molecule has 1 aliphatic carbocycles. The second kappa shape index (κ2) is 5.46. The molecule has 1 aliphatic rings. The minimum Gasteiger partial charge on any atom is -0.395 e. The van der Waals surface area contributed by atoms with E-state index in [2.05, 4.69) is 17.2 Å². The van der Waals surface area contributed by atoms with Gasteiger partial charge in [-0.1, -0.05) is 11.8 Å². The highest BCUT2D eigenvalue weighted by atomic mass is 32.1. The molecule has 108 valence electrons. The maximum atomic E-state index is 12.7. The van der Waals surface area contributed by atoms with Crippen molar-refractivity contribution in [1.82, 2.24) is 5.32 Å². The number of halogens is 3. The molecule has 0 bridgehead atoms. The Bertz CT molecular complexity index is 564. The van der Waals surface area contributed by atoms with Crippen LogP contribution in [0.1, 0.15) is 34.5 Å². The summed E-state index contributed by atoms with van der Waals surface area (Å²) in [6.45, 7) is -0.0557. The van der Waals surface area contributed by atoms with Gasteiger partial charge in [0.2, 0.25) is 0 Å². The zero-order chi connectivity index (χ0) is 14.8. The molecule has 0 aliphatic heterocycles. The number of amides is 1. The maximum absolute atomic E-state index is 12.7. The van der Waals surface area contributed by atoms with Crippen molar-refractivity contribution in [1.29, 1.82) is 0 Å². The number of hydrogen-bond donors (Lipinski definition) is 2. The van der Waals surface area contributed by atoms with Crippen LogP contribution in [0.3, 0.4) is 0 Å². The number of alkyl halides is 3. The predicted molar refractivity (Wildman–Crippen MR) is 68.4 cm³/mol. The average Bonchev–Trinajstić information content (AvgIpc) is 3.00. The van der Waals surface area contributed by atoms with Gasteiger partial charge in [-0.2, -0.15) is 13.2 Å². The van der Waals surface area contributed by atoms with E-state index in [1.807, 2.05) is 0 Å². The molecule has 0 spiro atoms. The summed E-state index contributed by atoms with van der Waals surface area (Å²) in [4.78, 5) is 12.4. The van der Waals surface area contributed by atoms with Crippen molar-refractivity contribution in [3.8, 4) is 11.8 Å². The first-order valence-corrected chi connectivity index (χ1v) is 6.83. The summed E-state index contributed by atoms with van der Waals surface area (Å²) < 4.78 is 38.2. The van der Waals surface area contributed by atoms with E-state index in [4.69, 9.17) is 5.11 Å². The van der Waals surface area contributed by atoms with Gasteiger partial charge >= 0.3 is 6.18 Å². The van der Waals surface area contributed by atoms with Crippen molar-refractivity contribution in [2.24, 2.45) is 0 Å². The van der Waals surface area contributed by atoms with Gasteiger partial charge in [0.25, 0.3) is 5.91 Å². The third kappa shape index (κ3) is 3.14. The van der Waals surface area contributed by atoms with Gasteiger partial charge in [0.1, 0.15) is 5.54 Å². The monoisotopic (exact) mass is 303 g/mol. The normalized spacial score (nSPS) is 16.2. The quantitative estimate of drug-likeness (QED) is 0.842. The van der Waals surface area contributed by atoms with Gasteiger partial charge in [-0.05, 0) is 18.9 Å². The first-order chi connectivity index (χ1) is 9.38. The Balaban J connectivity index is 2.03. The summed E-state index contributed by atoms with van der Waals surface area (Å²) in [5.74, 6) is 4.69. The van der Waals surface area contributed by atoms with Gasteiger partial charge < -0.3 is 10.4 Å². The number of aliphatic hydroxyl groups excluding tert-OH is 1. The summed E-state index contributed by atoms with van der Waals surface area (Å²) in [6, 6.07) is 1.46. The van der Waals surface area contributed by atoms with E-state index in [0.29, 0.717) is 11.3 Å². The third-order valence-electron chi connectivity index (χ3n) is 2.96. The number of carbonyl (C=O) groups is 1. The van der Waals surface area contributed by atoms with Crippen molar-refractivity contribution in [3.63, 3.8) is 0 Å². The Kier molecular flexibility index (Phi) is 4.06.